The van der Waals surface area contributed by atoms with Gasteiger partial charge in [-0.2, -0.15) is 4.31 Å². The molecule has 110 valence electrons. The van der Waals surface area contributed by atoms with Crippen molar-refractivity contribution in [3.63, 3.8) is 0 Å². The van der Waals surface area contributed by atoms with Gasteiger partial charge < -0.3 is 4.90 Å². The zero-order chi connectivity index (χ0) is 14.8. The van der Waals surface area contributed by atoms with Crippen LogP contribution < -0.4 is 0 Å². The second kappa shape index (κ2) is 5.88. The molecule has 1 amide bonds. The van der Waals surface area contributed by atoms with E-state index in [0.717, 1.165) is 29.3 Å². The van der Waals surface area contributed by atoms with Crippen LogP contribution >= 0.6 is 0 Å². The van der Waals surface area contributed by atoms with Crippen molar-refractivity contribution in [3.05, 3.63) is 30.1 Å². The highest BCUT2D eigenvalue weighted by molar-refractivity contribution is 7.89. The molecule has 1 aromatic carbocycles. The van der Waals surface area contributed by atoms with E-state index >= 15 is 0 Å². The molecule has 7 heteroatoms. The summed E-state index contributed by atoms with van der Waals surface area (Å²) in [6.45, 7) is 1.17. The Morgan fingerprint density at radius 3 is 2.35 bits per heavy atom. The van der Waals surface area contributed by atoms with E-state index in [2.05, 4.69) is 0 Å². The first kappa shape index (κ1) is 14.9. The third-order valence-electron chi connectivity index (χ3n) is 3.34. The van der Waals surface area contributed by atoms with Crippen LogP contribution in [0, 0.1) is 5.82 Å². The number of nitrogens with zero attached hydrogens (tertiary/aromatic N) is 2. The van der Waals surface area contributed by atoms with Gasteiger partial charge in [-0.05, 0) is 37.1 Å². The van der Waals surface area contributed by atoms with Crippen molar-refractivity contribution in [3.8, 4) is 0 Å². The summed E-state index contributed by atoms with van der Waals surface area (Å²) in [7, 11) is -2.41. The molecule has 1 heterocycles. The molecule has 0 aliphatic carbocycles. The molecule has 0 spiro atoms. The SMILES string of the molecule is CN(CC(=O)N1CCCC1)S(=O)(=O)c1ccc(F)cc1. The van der Waals surface area contributed by atoms with Crippen LogP contribution in [0.15, 0.2) is 29.2 Å². The van der Waals surface area contributed by atoms with E-state index in [1.54, 1.807) is 4.90 Å². The summed E-state index contributed by atoms with van der Waals surface area (Å²) < 4.78 is 38.3. The first-order chi connectivity index (χ1) is 9.41. The van der Waals surface area contributed by atoms with Gasteiger partial charge in [-0.3, -0.25) is 4.79 Å². The smallest absolute Gasteiger partial charge is 0.243 e. The van der Waals surface area contributed by atoms with E-state index in [4.69, 9.17) is 0 Å². The summed E-state index contributed by atoms with van der Waals surface area (Å²) in [6.07, 6.45) is 1.92. The number of likely N-dealkylation sites (tertiary alicyclic amines) is 1. The third-order valence-corrected chi connectivity index (χ3v) is 5.16. The molecule has 5 nitrogen and oxygen atoms in total. The van der Waals surface area contributed by atoms with E-state index in [-0.39, 0.29) is 17.3 Å². The number of hydrogen-bond donors (Lipinski definition) is 0. The zero-order valence-corrected chi connectivity index (χ0v) is 12.1. The monoisotopic (exact) mass is 300 g/mol. The van der Waals surface area contributed by atoms with Gasteiger partial charge in [-0.15, -0.1) is 0 Å². The maximum atomic E-state index is 12.8. The normalized spacial score (nSPS) is 15.8. The van der Waals surface area contributed by atoms with Crippen molar-refractivity contribution in [2.24, 2.45) is 0 Å². The molecule has 1 aliphatic rings. The maximum absolute atomic E-state index is 12.8. The number of hydrogen-bond acceptors (Lipinski definition) is 3. The Morgan fingerprint density at radius 2 is 1.80 bits per heavy atom. The van der Waals surface area contributed by atoms with Crippen molar-refractivity contribution in [1.82, 2.24) is 9.21 Å². The number of sulfonamides is 1. The van der Waals surface area contributed by atoms with Gasteiger partial charge in [-0.1, -0.05) is 0 Å². The highest BCUT2D eigenvalue weighted by Gasteiger charge is 2.26. The summed E-state index contributed by atoms with van der Waals surface area (Å²) in [5.74, 6) is -0.699. The van der Waals surface area contributed by atoms with E-state index in [0.29, 0.717) is 13.1 Å². The van der Waals surface area contributed by atoms with Gasteiger partial charge in [0.25, 0.3) is 0 Å². The second-order valence-corrected chi connectivity index (χ2v) is 6.85. The fraction of sp³-hybridized carbons (Fsp3) is 0.462. The van der Waals surface area contributed by atoms with Crippen LogP contribution in [0.25, 0.3) is 0 Å². The molecule has 1 saturated heterocycles. The van der Waals surface area contributed by atoms with E-state index in [1.165, 1.54) is 19.2 Å². The van der Waals surface area contributed by atoms with Crippen LogP contribution in [0.1, 0.15) is 12.8 Å². The topological polar surface area (TPSA) is 57.7 Å². The quantitative estimate of drug-likeness (QED) is 0.836. The van der Waals surface area contributed by atoms with Crippen LogP contribution in [0.5, 0.6) is 0 Å². The number of benzene rings is 1. The summed E-state index contributed by atoms with van der Waals surface area (Å²) in [5.41, 5.74) is 0. The first-order valence-corrected chi connectivity index (χ1v) is 7.85. The average molecular weight is 300 g/mol. The van der Waals surface area contributed by atoms with Crippen molar-refractivity contribution in [2.75, 3.05) is 26.7 Å². The second-order valence-electron chi connectivity index (χ2n) is 4.80. The van der Waals surface area contributed by atoms with Gasteiger partial charge in [0, 0.05) is 20.1 Å². The minimum atomic E-state index is -3.76. The molecule has 0 N–H and O–H groups in total. The lowest BCUT2D eigenvalue weighted by molar-refractivity contribution is -0.130. The maximum Gasteiger partial charge on any atom is 0.243 e. The van der Waals surface area contributed by atoms with Gasteiger partial charge in [0.2, 0.25) is 15.9 Å². The Labute approximate surface area is 118 Å². The largest absolute Gasteiger partial charge is 0.342 e. The fourth-order valence-electron chi connectivity index (χ4n) is 2.13. The minimum absolute atomic E-state index is 0.0179. The lowest BCUT2D eigenvalue weighted by atomic mass is 10.4. The number of carbonyl (C=O) groups excluding carboxylic acids is 1. The van der Waals surface area contributed by atoms with Crippen LogP contribution in [-0.4, -0.2) is 50.2 Å². The van der Waals surface area contributed by atoms with E-state index in [9.17, 15) is 17.6 Å². The lowest BCUT2D eigenvalue weighted by Crippen LogP contribution is -2.39. The first-order valence-electron chi connectivity index (χ1n) is 6.41. The molecule has 0 atom stereocenters. The van der Waals surface area contributed by atoms with E-state index < -0.39 is 15.8 Å². The Hall–Kier alpha value is -1.47. The molecule has 1 fully saturated rings. The predicted molar refractivity (Wildman–Crippen MR) is 72.0 cm³/mol. The van der Waals surface area contributed by atoms with Crippen LogP contribution in [-0.2, 0) is 14.8 Å². The molecular weight excluding hydrogens is 283 g/mol. The van der Waals surface area contributed by atoms with Crippen molar-refractivity contribution < 1.29 is 17.6 Å². The van der Waals surface area contributed by atoms with Crippen LogP contribution in [0.3, 0.4) is 0 Å². The molecule has 20 heavy (non-hydrogen) atoms. The Balaban J connectivity index is 2.08. The fourth-order valence-corrected chi connectivity index (χ4v) is 3.25. The van der Waals surface area contributed by atoms with Crippen molar-refractivity contribution in [2.45, 2.75) is 17.7 Å². The van der Waals surface area contributed by atoms with Gasteiger partial charge in [0.15, 0.2) is 0 Å². The highest BCUT2D eigenvalue weighted by atomic mass is 32.2. The molecule has 0 saturated carbocycles. The summed E-state index contributed by atoms with van der Waals surface area (Å²) in [5, 5.41) is 0. The van der Waals surface area contributed by atoms with Crippen LogP contribution in [0.2, 0.25) is 0 Å². The molecule has 1 aromatic rings. The molecule has 0 aromatic heterocycles. The van der Waals surface area contributed by atoms with E-state index in [1.807, 2.05) is 0 Å². The third kappa shape index (κ3) is 3.16. The molecule has 0 unspecified atom stereocenters. The number of likely N-dealkylation sites (N-methyl/N-ethyl adjacent to an activating group) is 1. The number of carbonyl (C=O) groups is 1. The molecular formula is C13H17FN2O3S. The molecule has 2 rings (SSSR count). The van der Waals surface area contributed by atoms with Gasteiger partial charge in [0.05, 0.1) is 11.4 Å². The van der Waals surface area contributed by atoms with Gasteiger partial charge in [-0.25, -0.2) is 12.8 Å². The summed E-state index contributed by atoms with van der Waals surface area (Å²) in [4.78, 5) is 13.6. The molecule has 0 radical (unpaired) electrons. The molecule has 0 bridgehead atoms. The van der Waals surface area contributed by atoms with Gasteiger partial charge >= 0.3 is 0 Å². The minimum Gasteiger partial charge on any atom is -0.342 e. The Bertz CT molecular complexity index is 580. The Morgan fingerprint density at radius 1 is 1.25 bits per heavy atom. The standard InChI is InChI=1S/C13H17FN2O3S/c1-15(10-13(17)16-8-2-3-9-16)20(18,19)12-6-4-11(14)5-7-12/h4-7H,2-3,8-10H2,1H3. The van der Waals surface area contributed by atoms with Crippen molar-refractivity contribution >= 4 is 15.9 Å². The molecule has 1 aliphatic heterocycles. The highest BCUT2D eigenvalue weighted by Crippen LogP contribution is 2.15. The van der Waals surface area contributed by atoms with Crippen LogP contribution in [0.4, 0.5) is 4.39 Å². The number of amides is 1. The zero-order valence-electron chi connectivity index (χ0n) is 11.3. The predicted octanol–water partition coefficient (Wildman–Crippen LogP) is 1.07. The Kier molecular flexibility index (Phi) is 4.39. The number of halogens is 1. The lowest BCUT2D eigenvalue weighted by Gasteiger charge is -2.21. The number of rotatable bonds is 4. The summed E-state index contributed by atoms with van der Waals surface area (Å²) in [6, 6.07) is 4.56. The summed E-state index contributed by atoms with van der Waals surface area (Å²) >= 11 is 0. The average Bonchev–Trinajstić information content (AvgIpc) is 2.93. The van der Waals surface area contributed by atoms with Gasteiger partial charge in [0.1, 0.15) is 5.82 Å². The van der Waals surface area contributed by atoms with Crippen molar-refractivity contribution in [1.29, 1.82) is 0 Å².